The molecular weight excluding hydrogens is 222 g/mol. The zero-order chi connectivity index (χ0) is 13.1. The van der Waals surface area contributed by atoms with Gasteiger partial charge in [-0.25, -0.2) is 0 Å². The number of ether oxygens (including phenoxy) is 1. The number of aryl methyl sites for hydroxylation is 1. The average Bonchev–Trinajstić information content (AvgIpc) is 2.38. The van der Waals surface area contributed by atoms with Gasteiger partial charge < -0.3 is 10.5 Å². The molecule has 2 N–H and O–H groups in total. The van der Waals surface area contributed by atoms with E-state index < -0.39 is 0 Å². The van der Waals surface area contributed by atoms with Crippen molar-refractivity contribution < 1.29 is 4.74 Å². The van der Waals surface area contributed by atoms with Crippen molar-refractivity contribution in [3.8, 4) is 16.9 Å². The quantitative estimate of drug-likeness (QED) is 0.889. The van der Waals surface area contributed by atoms with Crippen molar-refractivity contribution in [3.63, 3.8) is 0 Å². The van der Waals surface area contributed by atoms with Crippen LogP contribution in [0.15, 0.2) is 42.5 Å². The molecule has 0 aliphatic rings. The molecule has 0 saturated carbocycles. The smallest absolute Gasteiger partial charge is 0.121 e. The Morgan fingerprint density at radius 2 is 1.78 bits per heavy atom. The first-order valence-electron chi connectivity index (χ1n) is 6.12. The van der Waals surface area contributed by atoms with Crippen LogP contribution in [0.1, 0.15) is 24.1 Å². The molecular formula is C16H19NO. The van der Waals surface area contributed by atoms with Crippen LogP contribution in [0.5, 0.6) is 5.75 Å². The maximum atomic E-state index is 5.92. The molecule has 0 saturated heterocycles. The third-order valence-corrected chi connectivity index (χ3v) is 3.14. The predicted octanol–water partition coefficient (Wildman–Crippen LogP) is 3.69. The highest BCUT2D eigenvalue weighted by atomic mass is 16.5. The Bertz CT molecular complexity index is 547. The highest BCUT2D eigenvalue weighted by Gasteiger charge is 2.04. The summed E-state index contributed by atoms with van der Waals surface area (Å²) < 4.78 is 5.28. The van der Waals surface area contributed by atoms with E-state index in [9.17, 15) is 0 Å². The molecule has 0 heterocycles. The maximum absolute atomic E-state index is 5.92. The molecule has 18 heavy (non-hydrogen) atoms. The van der Waals surface area contributed by atoms with E-state index in [1.807, 2.05) is 19.1 Å². The molecule has 2 nitrogen and oxygen atoms in total. The summed E-state index contributed by atoms with van der Waals surface area (Å²) in [7, 11) is 1.69. The Hall–Kier alpha value is -1.80. The molecule has 2 rings (SSSR count). The Balaban J connectivity index is 2.42. The minimum Gasteiger partial charge on any atom is -0.496 e. The van der Waals surface area contributed by atoms with E-state index in [1.165, 1.54) is 11.1 Å². The summed E-state index contributed by atoms with van der Waals surface area (Å²) in [5.41, 5.74) is 10.6. The van der Waals surface area contributed by atoms with Crippen molar-refractivity contribution >= 4 is 0 Å². The summed E-state index contributed by atoms with van der Waals surface area (Å²) in [5, 5.41) is 0. The number of methoxy groups -OCH3 is 1. The number of hydrogen-bond donors (Lipinski definition) is 1. The van der Waals surface area contributed by atoms with Crippen molar-refractivity contribution in [2.75, 3.05) is 7.11 Å². The fourth-order valence-corrected chi connectivity index (χ4v) is 2.06. The molecule has 1 atom stereocenters. The molecule has 0 radical (unpaired) electrons. The summed E-state index contributed by atoms with van der Waals surface area (Å²) in [4.78, 5) is 0. The van der Waals surface area contributed by atoms with E-state index in [4.69, 9.17) is 10.5 Å². The Morgan fingerprint density at radius 3 is 2.39 bits per heavy atom. The van der Waals surface area contributed by atoms with E-state index in [0.717, 1.165) is 16.9 Å². The summed E-state index contributed by atoms with van der Waals surface area (Å²) in [5.74, 6) is 0.919. The van der Waals surface area contributed by atoms with E-state index in [2.05, 4.69) is 37.3 Å². The third kappa shape index (κ3) is 2.54. The number of hydrogen-bond acceptors (Lipinski definition) is 2. The molecule has 0 spiro atoms. The Morgan fingerprint density at radius 1 is 1.06 bits per heavy atom. The Labute approximate surface area is 108 Å². The highest BCUT2D eigenvalue weighted by molar-refractivity contribution is 5.66. The molecule has 2 aromatic carbocycles. The average molecular weight is 241 g/mol. The lowest BCUT2D eigenvalue weighted by molar-refractivity contribution is 0.412. The standard InChI is InChI=1S/C16H19NO/c1-11-9-15(7-8-16(11)18-3)14-6-4-5-13(10-14)12(2)17/h4-10,12H,17H2,1-3H3. The van der Waals surface area contributed by atoms with Gasteiger partial charge in [0.05, 0.1) is 7.11 Å². The molecule has 1 unspecified atom stereocenters. The van der Waals surface area contributed by atoms with Crippen LogP contribution in [0, 0.1) is 6.92 Å². The number of rotatable bonds is 3. The van der Waals surface area contributed by atoms with Gasteiger partial charge in [-0.3, -0.25) is 0 Å². The van der Waals surface area contributed by atoms with Crippen molar-refractivity contribution in [2.24, 2.45) is 5.73 Å². The largest absolute Gasteiger partial charge is 0.496 e. The maximum Gasteiger partial charge on any atom is 0.121 e. The lowest BCUT2D eigenvalue weighted by atomic mass is 9.99. The second-order valence-electron chi connectivity index (χ2n) is 4.60. The van der Waals surface area contributed by atoms with E-state index in [-0.39, 0.29) is 6.04 Å². The summed E-state index contributed by atoms with van der Waals surface area (Å²) in [6, 6.07) is 14.6. The molecule has 0 aliphatic heterocycles. The minimum absolute atomic E-state index is 0.0595. The van der Waals surface area contributed by atoms with Crippen molar-refractivity contribution in [1.29, 1.82) is 0 Å². The van der Waals surface area contributed by atoms with Crippen molar-refractivity contribution in [2.45, 2.75) is 19.9 Å². The highest BCUT2D eigenvalue weighted by Crippen LogP contribution is 2.27. The second kappa shape index (κ2) is 5.23. The molecule has 0 aromatic heterocycles. The van der Waals surface area contributed by atoms with Gasteiger partial charge in [-0.05, 0) is 54.3 Å². The van der Waals surface area contributed by atoms with Gasteiger partial charge >= 0.3 is 0 Å². The summed E-state index contributed by atoms with van der Waals surface area (Å²) in [6.45, 7) is 4.05. The summed E-state index contributed by atoms with van der Waals surface area (Å²) in [6.07, 6.45) is 0. The first kappa shape index (κ1) is 12.7. The topological polar surface area (TPSA) is 35.2 Å². The zero-order valence-electron chi connectivity index (χ0n) is 11.1. The number of benzene rings is 2. The van der Waals surface area contributed by atoms with E-state index in [1.54, 1.807) is 7.11 Å². The van der Waals surface area contributed by atoms with Crippen LogP contribution in [-0.4, -0.2) is 7.11 Å². The molecule has 0 amide bonds. The van der Waals surface area contributed by atoms with Gasteiger partial charge in [-0.15, -0.1) is 0 Å². The lowest BCUT2D eigenvalue weighted by Crippen LogP contribution is -2.04. The molecule has 0 aliphatic carbocycles. The van der Waals surface area contributed by atoms with E-state index in [0.29, 0.717) is 0 Å². The van der Waals surface area contributed by atoms with Gasteiger partial charge in [-0.1, -0.05) is 24.3 Å². The molecule has 0 bridgehead atoms. The normalized spacial score (nSPS) is 12.2. The SMILES string of the molecule is COc1ccc(-c2cccc(C(C)N)c2)cc1C. The first-order valence-corrected chi connectivity index (χ1v) is 6.12. The first-order chi connectivity index (χ1) is 8.61. The monoisotopic (exact) mass is 241 g/mol. The van der Waals surface area contributed by atoms with E-state index >= 15 is 0 Å². The molecule has 94 valence electrons. The second-order valence-corrected chi connectivity index (χ2v) is 4.60. The van der Waals surface area contributed by atoms with Gasteiger partial charge in [0.2, 0.25) is 0 Å². The summed E-state index contributed by atoms with van der Waals surface area (Å²) >= 11 is 0. The van der Waals surface area contributed by atoms with Crippen molar-refractivity contribution in [3.05, 3.63) is 53.6 Å². The fourth-order valence-electron chi connectivity index (χ4n) is 2.06. The van der Waals surface area contributed by atoms with Gasteiger partial charge in [0.25, 0.3) is 0 Å². The molecule has 2 heteroatoms. The van der Waals surface area contributed by atoms with Gasteiger partial charge in [0.1, 0.15) is 5.75 Å². The number of nitrogens with two attached hydrogens (primary N) is 1. The Kier molecular flexibility index (Phi) is 3.68. The minimum atomic E-state index is 0.0595. The third-order valence-electron chi connectivity index (χ3n) is 3.14. The van der Waals surface area contributed by atoms with Gasteiger partial charge in [0, 0.05) is 6.04 Å². The lowest BCUT2D eigenvalue weighted by Gasteiger charge is -2.10. The fraction of sp³-hybridized carbons (Fsp3) is 0.250. The zero-order valence-corrected chi connectivity index (χ0v) is 11.1. The molecule has 0 fully saturated rings. The van der Waals surface area contributed by atoms with Gasteiger partial charge in [-0.2, -0.15) is 0 Å². The van der Waals surface area contributed by atoms with Crippen LogP contribution in [0.25, 0.3) is 11.1 Å². The van der Waals surface area contributed by atoms with Crippen LogP contribution in [0.4, 0.5) is 0 Å². The molecule has 2 aromatic rings. The van der Waals surface area contributed by atoms with Crippen LogP contribution >= 0.6 is 0 Å². The van der Waals surface area contributed by atoms with Crippen LogP contribution in [0.2, 0.25) is 0 Å². The predicted molar refractivity (Wildman–Crippen MR) is 75.8 cm³/mol. The van der Waals surface area contributed by atoms with Crippen LogP contribution in [0.3, 0.4) is 0 Å². The van der Waals surface area contributed by atoms with Crippen LogP contribution < -0.4 is 10.5 Å². The van der Waals surface area contributed by atoms with Crippen molar-refractivity contribution in [1.82, 2.24) is 0 Å². The van der Waals surface area contributed by atoms with Crippen LogP contribution in [-0.2, 0) is 0 Å². The van der Waals surface area contributed by atoms with Gasteiger partial charge in [0.15, 0.2) is 0 Å².